The molecule has 1 aromatic carbocycles. The summed E-state index contributed by atoms with van der Waals surface area (Å²) in [6.45, 7) is 2.40. The highest BCUT2D eigenvalue weighted by atomic mass is 32.2. The topological polar surface area (TPSA) is 67.1 Å². The van der Waals surface area contributed by atoms with Crippen LogP contribution in [0.4, 0.5) is 0 Å². The van der Waals surface area contributed by atoms with Crippen LogP contribution in [0.2, 0.25) is 0 Å². The number of benzene rings is 1. The van der Waals surface area contributed by atoms with Gasteiger partial charge in [0.1, 0.15) is 15.6 Å². The Hall–Kier alpha value is -1.93. The van der Waals surface area contributed by atoms with Gasteiger partial charge in [-0.3, -0.25) is 4.79 Å². The van der Waals surface area contributed by atoms with Gasteiger partial charge in [0.05, 0.1) is 33.9 Å². The molecule has 166 valence electrons. The number of hydrogen-bond donors (Lipinski definition) is 0. The van der Waals surface area contributed by atoms with E-state index in [1.807, 2.05) is 42.6 Å². The highest BCUT2D eigenvalue weighted by molar-refractivity contribution is 8.18. The van der Waals surface area contributed by atoms with Gasteiger partial charge in [-0.05, 0) is 48.6 Å². The second-order valence-electron chi connectivity index (χ2n) is 8.06. The standard InChI is InChI=1S/C23H26O6S2/c1-12-8-14-18(13-9-16(25-2)20(27-4)17(10-13)26-3)19-15(11-28-22(19)24)23(21(14)29-12)30-6-5-7-31-23/h8-10,15,18-19H,5-7,11H2,1-4H3/t15-,18-,19-/m1/s1. The van der Waals surface area contributed by atoms with Gasteiger partial charge in [0.2, 0.25) is 5.75 Å². The molecule has 2 saturated heterocycles. The molecule has 0 radical (unpaired) electrons. The van der Waals surface area contributed by atoms with Crippen LogP contribution in [0.25, 0.3) is 0 Å². The number of furan rings is 1. The van der Waals surface area contributed by atoms with Crippen LogP contribution in [-0.2, 0) is 13.6 Å². The molecule has 0 bridgehead atoms. The normalized spacial score (nSPS) is 26.2. The monoisotopic (exact) mass is 462 g/mol. The summed E-state index contributed by atoms with van der Waals surface area (Å²) < 4.78 is 28.5. The molecule has 2 fully saturated rings. The number of carbonyl (C=O) groups is 1. The molecule has 8 heteroatoms. The highest BCUT2D eigenvalue weighted by Gasteiger charge is 2.62. The first-order chi connectivity index (χ1) is 15.0. The van der Waals surface area contributed by atoms with Crippen molar-refractivity contribution in [3.05, 3.63) is 40.8 Å². The van der Waals surface area contributed by atoms with E-state index in [0.717, 1.165) is 40.6 Å². The van der Waals surface area contributed by atoms with E-state index in [0.29, 0.717) is 23.9 Å². The average Bonchev–Trinajstić information content (AvgIpc) is 3.37. The van der Waals surface area contributed by atoms with Crippen molar-refractivity contribution in [1.82, 2.24) is 0 Å². The molecule has 2 aliphatic heterocycles. The molecule has 1 spiro atoms. The van der Waals surface area contributed by atoms with Gasteiger partial charge in [-0.1, -0.05) is 0 Å². The van der Waals surface area contributed by atoms with Crippen LogP contribution >= 0.6 is 23.5 Å². The molecule has 1 aromatic heterocycles. The van der Waals surface area contributed by atoms with Crippen LogP contribution in [-0.4, -0.2) is 45.4 Å². The molecule has 2 aromatic rings. The maximum atomic E-state index is 13.1. The first-order valence-corrected chi connectivity index (χ1v) is 12.4. The number of carbonyl (C=O) groups excluding carboxylic acids is 1. The van der Waals surface area contributed by atoms with Crippen LogP contribution in [0, 0.1) is 18.8 Å². The van der Waals surface area contributed by atoms with Crippen molar-refractivity contribution in [2.75, 3.05) is 39.4 Å². The van der Waals surface area contributed by atoms with E-state index in [-0.39, 0.29) is 27.8 Å². The lowest BCUT2D eigenvalue weighted by Gasteiger charge is -2.46. The lowest BCUT2D eigenvalue weighted by Crippen LogP contribution is -2.43. The van der Waals surface area contributed by atoms with Crippen molar-refractivity contribution in [2.45, 2.75) is 23.3 Å². The Labute approximate surface area is 190 Å². The van der Waals surface area contributed by atoms with E-state index in [1.165, 1.54) is 0 Å². The molecule has 3 heterocycles. The fourth-order valence-corrected chi connectivity index (χ4v) is 8.85. The number of thioether (sulfide) groups is 2. The molecule has 0 N–H and O–H groups in total. The van der Waals surface area contributed by atoms with E-state index in [2.05, 4.69) is 6.07 Å². The summed E-state index contributed by atoms with van der Waals surface area (Å²) in [4.78, 5) is 13.1. The minimum absolute atomic E-state index is 0.0393. The Balaban J connectivity index is 1.73. The maximum absolute atomic E-state index is 13.1. The third kappa shape index (κ3) is 3.05. The molecule has 1 aliphatic carbocycles. The average molecular weight is 463 g/mol. The smallest absolute Gasteiger partial charge is 0.310 e. The Bertz CT molecular complexity index is 984. The number of cyclic esters (lactones) is 1. The van der Waals surface area contributed by atoms with Crippen molar-refractivity contribution >= 4 is 29.5 Å². The number of methoxy groups -OCH3 is 3. The van der Waals surface area contributed by atoms with Gasteiger partial charge in [-0.2, -0.15) is 0 Å². The van der Waals surface area contributed by atoms with Gasteiger partial charge >= 0.3 is 5.97 Å². The number of hydrogen-bond acceptors (Lipinski definition) is 8. The summed E-state index contributed by atoms with van der Waals surface area (Å²) in [5.74, 6) is 5.05. The highest BCUT2D eigenvalue weighted by Crippen LogP contribution is 2.66. The quantitative estimate of drug-likeness (QED) is 0.612. The summed E-state index contributed by atoms with van der Waals surface area (Å²) in [5.41, 5.74) is 2.00. The number of fused-ring (bicyclic) bond motifs is 4. The molecule has 0 amide bonds. The third-order valence-corrected chi connectivity index (χ3v) is 9.99. The first-order valence-electron chi connectivity index (χ1n) is 10.4. The Morgan fingerprint density at radius 1 is 1.03 bits per heavy atom. The summed E-state index contributed by atoms with van der Waals surface area (Å²) >= 11 is 3.81. The molecular formula is C23H26O6S2. The zero-order valence-corrected chi connectivity index (χ0v) is 19.7. The van der Waals surface area contributed by atoms with Crippen molar-refractivity contribution in [3.63, 3.8) is 0 Å². The molecule has 0 saturated carbocycles. The second-order valence-corrected chi connectivity index (χ2v) is 11.0. The number of ether oxygens (including phenoxy) is 4. The predicted octanol–water partition coefficient (Wildman–Crippen LogP) is 4.57. The van der Waals surface area contributed by atoms with Crippen molar-refractivity contribution in [3.8, 4) is 17.2 Å². The van der Waals surface area contributed by atoms with E-state index in [9.17, 15) is 4.79 Å². The minimum atomic E-state index is -0.287. The Morgan fingerprint density at radius 3 is 2.32 bits per heavy atom. The molecule has 3 aliphatic rings. The van der Waals surface area contributed by atoms with Crippen LogP contribution in [0.5, 0.6) is 17.2 Å². The van der Waals surface area contributed by atoms with Gasteiger partial charge in [0.25, 0.3) is 0 Å². The van der Waals surface area contributed by atoms with Gasteiger partial charge in [0, 0.05) is 17.4 Å². The maximum Gasteiger partial charge on any atom is 0.310 e. The van der Waals surface area contributed by atoms with Gasteiger partial charge in [-0.15, -0.1) is 23.5 Å². The molecular weight excluding hydrogens is 436 g/mol. The van der Waals surface area contributed by atoms with Gasteiger partial charge in [0.15, 0.2) is 11.5 Å². The summed E-state index contributed by atoms with van der Waals surface area (Å²) in [7, 11) is 4.79. The molecule has 0 unspecified atom stereocenters. The van der Waals surface area contributed by atoms with Crippen LogP contribution < -0.4 is 14.2 Å². The second kappa shape index (κ2) is 7.89. The SMILES string of the molecule is COc1cc([C@@H]2c3cc(C)oc3C3(SCCCS3)[C@@H]3COC(=O)[C@@H]23)cc(OC)c1OC. The zero-order valence-electron chi connectivity index (χ0n) is 18.1. The van der Waals surface area contributed by atoms with Gasteiger partial charge < -0.3 is 23.4 Å². The zero-order chi connectivity index (χ0) is 21.8. The minimum Gasteiger partial charge on any atom is -0.493 e. The van der Waals surface area contributed by atoms with Crippen LogP contribution in [0.3, 0.4) is 0 Å². The molecule has 5 rings (SSSR count). The predicted molar refractivity (Wildman–Crippen MR) is 121 cm³/mol. The van der Waals surface area contributed by atoms with E-state index in [1.54, 1.807) is 21.3 Å². The Kier molecular flexibility index (Phi) is 5.33. The van der Waals surface area contributed by atoms with Crippen LogP contribution in [0.15, 0.2) is 22.6 Å². The van der Waals surface area contributed by atoms with Crippen molar-refractivity contribution < 1.29 is 28.2 Å². The number of aryl methyl sites for hydroxylation is 1. The van der Waals surface area contributed by atoms with E-state index in [4.69, 9.17) is 23.4 Å². The Morgan fingerprint density at radius 2 is 1.71 bits per heavy atom. The lowest BCUT2D eigenvalue weighted by molar-refractivity contribution is -0.141. The largest absolute Gasteiger partial charge is 0.493 e. The van der Waals surface area contributed by atoms with E-state index < -0.39 is 0 Å². The molecule has 6 nitrogen and oxygen atoms in total. The molecule has 3 atom stereocenters. The molecule has 31 heavy (non-hydrogen) atoms. The fraction of sp³-hybridized carbons (Fsp3) is 0.522. The van der Waals surface area contributed by atoms with Crippen molar-refractivity contribution in [1.29, 1.82) is 0 Å². The summed E-state index contributed by atoms with van der Waals surface area (Å²) in [6.07, 6.45) is 1.16. The lowest BCUT2D eigenvalue weighted by atomic mass is 9.69. The number of rotatable bonds is 4. The van der Waals surface area contributed by atoms with Crippen molar-refractivity contribution in [2.24, 2.45) is 11.8 Å². The summed E-state index contributed by atoms with van der Waals surface area (Å²) in [5, 5.41) is 0. The number of esters is 1. The van der Waals surface area contributed by atoms with Crippen LogP contribution in [0.1, 0.15) is 35.0 Å². The van der Waals surface area contributed by atoms with E-state index >= 15 is 0 Å². The third-order valence-electron chi connectivity index (χ3n) is 6.46. The first kappa shape index (κ1) is 20.9. The summed E-state index contributed by atoms with van der Waals surface area (Å²) in [6, 6.07) is 5.97. The fourth-order valence-electron chi connectivity index (χ4n) is 5.21. The van der Waals surface area contributed by atoms with Gasteiger partial charge in [-0.25, -0.2) is 0 Å².